The lowest BCUT2D eigenvalue weighted by molar-refractivity contribution is -0.127. The van der Waals surface area contributed by atoms with Crippen LogP contribution < -0.4 is 10.1 Å². The van der Waals surface area contributed by atoms with E-state index in [2.05, 4.69) is 5.32 Å². The van der Waals surface area contributed by atoms with Gasteiger partial charge in [-0.05, 0) is 43.5 Å². The number of carbonyl (C=O) groups is 1. The molecular weight excluding hydrogens is 206 g/mol. The molecule has 0 radical (unpaired) electrons. The van der Waals surface area contributed by atoms with E-state index in [-0.39, 0.29) is 11.7 Å². The SMILES string of the molecule is O=C1NCCCC[C@@H]1Oc1ccc(O)cc1. The number of ether oxygens (including phenoxy) is 1. The van der Waals surface area contributed by atoms with Gasteiger partial charge in [0.1, 0.15) is 11.5 Å². The van der Waals surface area contributed by atoms with Crippen molar-refractivity contribution < 1.29 is 14.6 Å². The van der Waals surface area contributed by atoms with E-state index >= 15 is 0 Å². The number of hydrogen-bond donors (Lipinski definition) is 2. The molecule has 1 aromatic carbocycles. The zero-order valence-corrected chi connectivity index (χ0v) is 8.98. The van der Waals surface area contributed by atoms with Crippen LogP contribution in [0.2, 0.25) is 0 Å². The minimum atomic E-state index is -0.410. The number of hydrogen-bond acceptors (Lipinski definition) is 3. The predicted octanol–water partition coefficient (Wildman–Crippen LogP) is 1.44. The highest BCUT2D eigenvalue weighted by Crippen LogP contribution is 2.19. The molecule has 0 unspecified atom stereocenters. The molecule has 2 rings (SSSR count). The van der Waals surface area contributed by atoms with Gasteiger partial charge in [0.15, 0.2) is 6.10 Å². The molecule has 0 aromatic heterocycles. The Kier molecular flexibility index (Phi) is 3.29. The third-order valence-electron chi connectivity index (χ3n) is 2.60. The molecule has 0 aliphatic carbocycles. The Morgan fingerprint density at radius 2 is 2.00 bits per heavy atom. The monoisotopic (exact) mass is 221 g/mol. The standard InChI is InChI=1S/C12H15NO3/c14-9-4-6-10(7-5-9)16-11-3-1-2-8-13-12(11)15/h4-7,11,14H,1-3,8H2,(H,13,15)/t11-/m0/s1. The fourth-order valence-electron chi connectivity index (χ4n) is 1.71. The number of phenolic OH excluding ortho intramolecular Hbond substituents is 1. The maximum atomic E-state index is 11.6. The van der Waals surface area contributed by atoms with Crippen LogP contribution in [-0.4, -0.2) is 23.7 Å². The molecule has 1 atom stereocenters. The van der Waals surface area contributed by atoms with E-state index in [1.54, 1.807) is 24.3 Å². The van der Waals surface area contributed by atoms with Crippen LogP contribution in [0.25, 0.3) is 0 Å². The Labute approximate surface area is 94.2 Å². The summed E-state index contributed by atoms with van der Waals surface area (Å²) in [5, 5.41) is 11.9. The van der Waals surface area contributed by atoms with Crippen LogP contribution in [-0.2, 0) is 4.79 Å². The summed E-state index contributed by atoms with van der Waals surface area (Å²) in [6, 6.07) is 6.41. The molecule has 16 heavy (non-hydrogen) atoms. The first-order valence-electron chi connectivity index (χ1n) is 5.49. The summed E-state index contributed by atoms with van der Waals surface area (Å²) >= 11 is 0. The Bertz CT molecular complexity index is 361. The first-order valence-corrected chi connectivity index (χ1v) is 5.49. The molecule has 0 saturated carbocycles. The van der Waals surface area contributed by atoms with Crippen molar-refractivity contribution in [3.63, 3.8) is 0 Å². The highest BCUT2D eigenvalue weighted by atomic mass is 16.5. The van der Waals surface area contributed by atoms with Gasteiger partial charge in [-0.25, -0.2) is 0 Å². The lowest BCUT2D eigenvalue weighted by atomic mass is 10.2. The normalized spacial score (nSPS) is 21.0. The summed E-state index contributed by atoms with van der Waals surface area (Å²) in [6.45, 7) is 0.730. The summed E-state index contributed by atoms with van der Waals surface area (Å²) in [4.78, 5) is 11.6. The molecule has 1 aromatic rings. The number of amides is 1. The van der Waals surface area contributed by atoms with Crippen LogP contribution in [0.5, 0.6) is 11.5 Å². The number of nitrogens with one attached hydrogen (secondary N) is 1. The van der Waals surface area contributed by atoms with Gasteiger partial charge in [0.2, 0.25) is 0 Å². The smallest absolute Gasteiger partial charge is 0.261 e. The van der Waals surface area contributed by atoms with Crippen molar-refractivity contribution in [3.05, 3.63) is 24.3 Å². The van der Waals surface area contributed by atoms with Crippen LogP contribution in [0.4, 0.5) is 0 Å². The Morgan fingerprint density at radius 1 is 1.25 bits per heavy atom. The van der Waals surface area contributed by atoms with E-state index in [0.717, 1.165) is 25.8 Å². The lowest BCUT2D eigenvalue weighted by Gasteiger charge is -2.15. The largest absolute Gasteiger partial charge is 0.508 e. The van der Waals surface area contributed by atoms with Crippen molar-refractivity contribution >= 4 is 5.91 Å². The lowest BCUT2D eigenvalue weighted by Crippen LogP contribution is -2.36. The number of benzene rings is 1. The average molecular weight is 221 g/mol. The van der Waals surface area contributed by atoms with Crippen LogP contribution >= 0.6 is 0 Å². The average Bonchev–Trinajstić information content (AvgIpc) is 2.48. The molecule has 2 N–H and O–H groups in total. The molecule has 0 bridgehead atoms. The maximum absolute atomic E-state index is 11.6. The Balaban J connectivity index is 2.02. The fourth-order valence-corrected chi connectivity index (χ4v) is 1.71. The van der Waals surface area contributed by atoms with Gasteiger partial charge in [-0.1, -0.05) is 0 Å². The second-order valence-electron chi connectivity index (χ2n) is 3.89. The summed E-state index contributed by atoms with van der Waals surface area (Å²) in [7, 11) is 0. The van der Waals surface area contributed by atoms with Gasteiger partial charge in [-0.15, -0.1) is 0 Å². The van der Waals surface area contributed by atoms with Crippen molar-refractivity contribution in [2.24, 2.45) is 0 Å². The van der Waals surface area contributed by atoms with Gasteiger partial charge >= 0.3 is 0 Å². The van der Waals surface area contributed by atoms with Crippen LogP contribution in [0, 0.1) is 0 Å². The van der Waals surface area contributed by atoms with Crippen molar-refractivity contribution in [1.82, 2.24) is 5.32 Å². The molecule has 4 heteroatoms. The van der Waals surface area contributed by atoms with E-state index in [0.29, 0.717) is 5.75 Å². The molecule has 1 aliphatic rings. The molecule has 86 valence electrons. The first kappa shape index (κ1) is 10.8. The molecule has 1 amide bonds. The highest BCUT2D eigenvalue weighted by molar-refractivity contribution is 5.81. The first-order chi connectivity index (χ1) is 7.75. The minimum absolute atomic E-state index is 0.0504. The van der Waals surface area contributed by atoms with Crippen molar-refractivity contribution in [2.75, 3.05) is 6.54 Å². The summed E-state index contributed by atoms with van der Waals surface area (Å²) < 4.78 is 5.58. The van der Waals surface area contributed by atoms with Gasteiger partial charge in [0.25, 0.3) is 5.91 Å². The molecular formula is C12H15NO3. The number of carbonyl (C=O) groups excluding carboxylic acids is 1. The van der Waals surface area contributed by atoms with Gasteiger partial charge in [0, 0.05) is 6.54 Å². The van der Waals surface area contributed by atoms with E-state index in [1.165, 1.54) is 0 Å². The summed E-state index contributed by atoms with van der Waals surface area (Å²) in [5.74, 6) is 0.753. The quantitative estimate of drug-likeness (QED) is 0.794. The maximum Gasteiger partial charge on any atom is 0.261 e. The molecule has 1 heterocycles. The summed E-state index contributed by atoms with van der Waals surface area (Å²) in [5.41, 5.74) is 0. The van der Waals surface area contributed by atoms with Crippen LogP contribution in [0.15, 0.2) is 24.3 Å². The van der Waals surface area contributed by atoms with E-state index in [9.17, 15) is 4.79 Å². The summed E-state index contributed by atoms with van der Waals surface area (Å²) in [6.07, 6.45) is 2.32. The number of phenols is 1. The van der Waals surface area contributed by atoms with Crippen molar-refractivity contribution in [1.29, 1.82) is 0 Å². The Morgan fingerprint density at radius 3 is 2.75 bits per heavy atom. The fraction of sp³-hybridized carbons (Fsp3) is 0.417. The second kappa shape index (κ2) is 4.88. The van der Waals surface area contributed by atoms with Crippen LogP contribution in [0.3, 0.4) is 0 Å². The van der Waals surface area contributed by atoms with Gasteiger partial charge in [-0.2, -0.15) is 0 Å². The number of aromatic hydroxyl groups is 1. The van der Waals surface area contributed by atoms with Crippen molar-refractivity contribution in [3.8, 4) is 11.5 Å². The molecule has 0 spiro atoms. The van der Waals surface area contributed by atoms with Gasteiger partial charge in [-0.3, -0.25) is 4.79 Å². The van der Waals surface area contributed by atoms with Gasteiger partial charge in [0.05, 0.1) is 0 Å². The molecule has 1 aliphatic heterocycles. The Hall–Kier alpha value is -1.71. The van der Waals surface area contributed by atoms with E-state index < -0.39 is 6.10 Å². The highest BCUT2D eigenvalue weighted by Gasteiger charge is 2.21. The molecule has 1 fully saturated rings. The third kappa shape index (κ3) is 2.66. The number of rotatable bonds is 2. The third-order valence-corrected chi connectivity index (χ3v) is 2.60. The zero-order chi connectivity index (χ0) is 11.4. The zero-order valence-electron chi connectivity index (χ0n) is 8.98. The van der Waals surface area contributed by atoms with E-state index in [1.807, 2.05) is 0 Å². The predicted molar refractivity (Wildman–Crippen MR) is 59.4 cm³/mol. The van der Waals surface area contributed by atoms with Gasteiger partial charge < -0.3 is 15.2 Å². The van der Waals surface area contributed by atoms with Crippen LogP contribution in [0.1, 0.15) is 19.3 Å². The topological polar surface area (TPSA) is 58.6 Å². The molecule has 4 nitrogen and oxygen atoms in total. The second-order valence-corrected chi connectivity index (χ2v) is 3.89. The van der Waals surface area contributed by atoms with Crippen molar-refractivity contribution in [2.45, 2.75) is 25.4 Å². The van der Waals surface area contributed by atoms with E-state index in [4.69, 9.17) is 9.84 Å². The minimum Gasteiger partial charge on any atom is -0.508 e. The molecule has 1 saturated heterocycles.